The van der Waals surface area contributed by atoms with Gasteiger partial charge in [-0.1, -0.05) is 6.92 Å². The van der Waals surface area contributed by atoms with Crippen LogP contribution in [0.4, 0.5) is 0 Å². The van der Waals surface area contributed by atoms with E-state index in [1.54, 1.807) is 0 Å². The zero-order chi connectivity index (χ0) is 18.0. The molecule has 0 bridgehead atoms. The van der Waals surface area contributed by atoms with Crippen molar-refractivity contribution in [3.05, 3.63) is 18.2 Å². The van der Waals surface area contributed by atoms with E-state index in [4.69, 9.17) is 0 Å². The number of piperidine rings is 1. The van der Waals surface area contributed by atoms with Crippen molar-refractivity contribution in [3.8, 4) is 0 Å². The molecule has 2 heterocycles. The van der Waals surface area contributed by atoms with Gasteiger partial charge >= 0.3 is 0 Å². The largest absolute Gasteiger partial charge is 0.342 e. The summed E-state index contributed by atoms with van der Waals surface area (Å²) >= 11 is 0. The fraction of sp³-hybridized carbons (Fsp3) is 0.737. The number of carbonyl (C=O) groups is 2. The van der Waals surface area contributed by atoms with Crippen molar-refractivity contribution < 1.29 is 9.59 Å². The van der Waals surface area contributed by atoms with Gasteiger partial charge in [0.1, 0.15) is 11.4 Å². The number of hydrogen-bond acceptors (Lipinski definition) is 3. The maximum absolute atomic E-state index is 13.4. The van der Waals surface area contributed by atoms with Crippen LogP contribution in [0.15, 0.2) is 12.4 Å². The molecule has 6 heteroatoms. The van der Waals surface area contributed by atoms with Crippen molar-refractivity contribution in [2.45, 2.75) is 70.9 Å². The van der Waals surface area contributed by atoms with E-state index in [9.17, 15) is 9.59 Å². The first-order valence-corrected chi connectivity index (χ1v) is 9.49. The molecule has 0 radical (unpaired) electrons. The molecule has 25 heavy (non-hydrogen) atoms. The lowest BCUT2D eigenvalue weighted by Gasteiger charge is -2.44. The Hall–Kier alpha value is -1.85. The predicted molar refractivity (Wildman–Crippen MR) is 96.0 cm³/mol. The van der Waals surface area contributed by atoms with Gasteiger partial charge in [0, 0.05) is 32.4 Å². The molecule has 1 aromatic rings. The van der Waals surface area contributed by atoms with Crippen LogP contribution in [-0.4, -0.2) is 44.9 Å². The molecule has 1 saturated carbocycles. The highest BCUT2D eigenvalue weighted by molar-refractivity contribution is 5.91. The minimum atomic E-state index is -0.704. The van der Waals surface area contributed by atoms with Crippen LogP contribution in [-0.2, 0) is 9.59 Å². The summed E-state index contributed by atoms with van der Waals surface area (Å²) < 4.78 is 2.17. The first kappa shape index (κ1) is 18.0. The Labute approximate surface area is 150 Å². The third kappa shape index (κ3) is 3.72. The second-order valence-corrected chi connectivity index (χ2v) is 7.87. The Bertz CT molecular complexity index is 631. The molecule has 1 N–H and O–H groups in total. The Kier molecular flexibility index (Phi) is 5.16. The number of imidazole rings is 1. The Morgan fingerprint density at radius 2 is 2.00 bits per heavy atom. The van der Waals surface area contributed by atoms with Crippen LogP contribution in [0, 0.1) is 12.8 Å². The molecule has 6 nitrogen and oxygen atoms in total. The molecule has 2 amide bonds. The number of likely N-dealkylation sites (tertiary alicyclic amines) is 1. The van der Waals surface area contributed by atoms with Crippen molar-refractivity contribution in [3.63, 3.8) is 0 Å². The highest BCUT2D eigenvalue weighted by Crippen LogP contribution is 2.35. The lowest BCUT2D eigenvalue weighted by atomic mass is 9.76. The van der Waals surface area contributed by atoms with Crippen LogP contribution >= 0.6 is 0 Å². The summed E-state index contributed by atoms with van der Waals surface area (Å²) in [7, 11) is 0. The van der Waals surface area contributed by atoms with Crippen molar-refractivity contribution in [2.24, 2.45) is 5.92 Å². The average Bonchev–Trinajstić information content (AvgIpc) is 3.02. The standard InChI is InChI=1S/C19H30N4O2/c1-14-6-8-19(9-7-14,21-16(3)24)18(25)22-11-4-5-17(13-22)23-12-10-20-15(23)2/h10,12,14,17H,4-9,11,13H2,1-3H3,(H,21,24). The van der Waals surface area contributed by atoms with Gasteiger partial charge in [-0.3, -0.25) is 9.59 Å². The summed E-state index contributed by atoms with van der Waals surface area (Å²) in [5.74, 6) is 1.61. The van der Waals surface area contributed by atoms with Gasteiger partial charge in [0.2, 0.25) is 11.8 Å². The van der Waals surface area contributed by atoms with Crippen LogP contribution in [0.25, 0.3) is 0 Å². The number of rotatable bonds is 3. The van der Waals surface area contributed by atoms with E-state index >= 15 is 0 Å². The summed E-state index contributed by atoms with van der Waals surface area (Å²) in [6.07, 6.45) is 9.34. The van der Waals surface area contributed by atoms with Gasteiger partial charge in [0.25, 0.3) is 0 Å². The van der Waals surface area contributed by atoms with E-state index in [-0.39, 0.29) is 17.9 Å². The van der Waals surface area contributed by atoms with Gasteiger partial charge < -0.3 is 14.8 Å². The molecule has 0 spiro atoms. The van der Waals surface area contributed by atoms with E-state index in [1.165, 1.54) is 6.92 Å². The summed E-state index contributed by atoms with van der Waals surface area (Å²) in [6.45, 7) is 7.22. The molecule has 1 aliphatic carbocycles. The number of aromatic nitrogens is 2. The SMILES string of the molecule is CC(=O)NC1(C(=O)N2CCCC(n3ccnc3C)C2)CCC(C)CC1. The van der Waals surface area contributed by atoms with Gasteiger partial charge in [-0.25, -0.2) is 4.98 Å². The van der Waals surface area contributed by atoms with Gasteiger partial charge in [-0.15, -0.1) is 0 Å². The van der Waals surface area contributed by atoms with Crippen LogP contribution in [0.3, 0.4) is 0 Å². The van der Waals surface area contributed by atoms with Crippen LogP contribution in [0.5, 0.6) is 0 Å². The molecule has 1 saturated heterocycles. The number of hydrogen-bond donors (Lipinski definition) is 1. The molecule has 1 aliphatic heterocycles. The lowest BCUT2D eigenvalue weighted by Crippen LogP contribution is -2.61. The molecule has 2 aliphatic rings. The zero-order valence-electron chi connectivity index (χ0n) is 15.6. The normalized spacial score (nSPS) is 30.1. The Balaban J connectivity index is 1.77. The Morgan fingerprint density at radius 1 is 1.28 bits per heavy atom. The van der Waals surface area contributed by atoms with Crippen molar-refractivity contribution in [1.29, 1.82) is 0 Å². The molecule has 1 aromatic heterocycles. The van der Waals surface area contributed by atoms with Crippen molar-refractivity contribution in [1.82, 2.24) is 19.8 Å². The minimum Gasteiger partial charge on any atom is -0.342 e. The van der Waals surface area contributed by atoms with Crippen LogP contribution in [0.1, 0.15) is 64.2 Å². The molecular weight excluding hydrogens is 316 g/mol. The number of nitrogens with zero attached hydrogens (tertiary/aromatic N) is 3. The summed E-state index contributed by atoms with van der Waals surface area (Å²) in [4.78, 5) is 31.5. The quantitative estimate of drug-likeness (QED) is 0.914. The van der Waals surface area contributed by atoms with Gasteiger partial charge in [0.15, 0.2) is 0 Å². The summed E-state index contributed by atoms with van der Waals surface area (Å²) in [6, 6.07) is 0.275. The van der Waals surface area contributed by atoms with E-state index in [2.05, 4.69) is 21.8 Å². The Morgan fingerprint density at radius 3 is 2.60 bits per heavy atom. The fourth-order valence-electron chi connectivity index (χ4n) is 4.43. The molecule has 0 aromatic carbocycles. The van der Waals surface area contributed by atoms with Gasteiger partial charge in [-0.2, -0.15) is 0 Å². The average molecular weight is 346 g/mol. The second kappa shape index (κ2) is 7.18. The smallest absolute Gasteiger partial charge is 0.248 e. The van der Waals surface area contributed by atoms with Crippen molar-refractivity contribution in [2.75, 3.05) is 13.1 Å². The molecule has 138 valence electrons. The molecule has 3 rings (SSSR count). The zero-order valence-corrected chi connectivity index (χ0v) is 15.6. The summed E-state index contributed by atoms with van der Waals surface area (Å²) in [5.41, 5.74) is -0.704. The van der Waals surface area contributed by atoms with E-state index in [1.807, 2.05) is 24.2 Å². The van der Waals surface area contributed by atoms with E-state index < -0.39 is 5.54 Å². The van der Waals surface area contributed by atoms with E-state index in [0.717, 1.165) is 50.9 Å². The maximum Gasteiger partial charge on any atom is 0.248 e. The van der Waals surface area contributed by atoms with Gasteiger partial charge in [-0.05, 0) is 51.4 Å². The third-order valence-electron chi connectivity index (χ3n) is 5.89. The highest BCUT2D eigenvalue weighted by atomic mass is 16.2. The third-order valence-corrected chi connectivity index (χ3v) is 5.89. The monoisotopic (exact) mass is 346 g/mol. The summed E-state index contributed by atoms with van der Waals surface area (Å²) in [5, 5.41) is 3.02. The molecular formula is C19H30N4O2. The molecule has 1 unspecified atom stereocenters. The fourth-order valence-corrected chi connectivity index (χ4v) is 4.43. The van der Waals surface area contributed by atoms with Crippen LogP contribution < -0.4 is 5.32 Å². The topological polar surface area (TPSA) is 67.2 Å². The number of amides is 2. The predicted octanol–water partition coefficient (Wildman–Crippen LogP) is 2.44. The van der Waals surface area contributed by atoms with Crippen molar-refractivity contribution >= 4 is 11.8 Å². The second-order valence-electron chi connectivity index (χ2n) is 7.87. The van der Waals surface area contributed by atoms with E-state index in [0.29, 0.717) is 12.5 Å². The number of carbonyl (C=O) groups excluding carboxylic acids is 2. The lowest BCUT2D eigenvalue weighted by molar-refractivity contribution is -0.145. The first-order valence-electron chi connectivity index (χ1n) is 9.49. The highest BCUT2D eigenvalue weighted by Gasteiger charge is 2.45. The molecule has 2 fully saturated rings. The first-order chi connectivity index (χ1) is 11.9. The number of aryl methyl sites for hydroxylation is 1. The minimum absolute atomic E-state index is 0.108. The molecule has 1 atom stereocenters. The maximum atomic E-state index is 13.4. The number of nitrogens with one attached hydrogen (secondary N) is 1. The van der Waals surface area contributed by atoms with Gasteiger partial charge in [0.05, 0.1) is 6.04 Å². The van der Waals surface area contributed by atoms with Crippen LogP contribution in [0.2, 0.25) is 0 Å².